The van der Waals surface area contributed by atoms with Gasteiger partial charge in [-0.2, -0.15) is 0 Å². The van der Waals surface area contributed by atoms with E-state index in [2.05, 4.69) is 0 Å². The van der Waals surface area contributed by atoms with E-state index in [1.165, 1.54) is 13.8 Å². The largest absolute Gasteiger partial charge is 0.463 e. The molecular weight excluding hydrogens is 520 g/mol. The van der Waals surface area contributed by atoms with Crippen molar-refractivity contribution < 1.29 is 67.0 Å². The molecule has 15 heteroatoms. The van der Waals surface area contributed by atoms with Gasteiger partial charge >= 0.3 is 29.8 Å². The summed E-state index contributed by atoms with van der Waals surface area (Å²) in [6, 6.07) is 0. The van der Waals surface area contributed by atoms with Crippen molar-refractivity contribution >= 4 is 41.6 Å². The molecular formula is C22H30O14S. The van der Waals surface area contributed by atoms with Crippen LogP contribution in [0.3, 0.4) is 0 Å². The molecule has 3 rings (SSSR count). The van der Waals surface area contributed by atoms with Gasteiger partial charge in [-0.25, -0.2) is 0 Å². The minimum Gasteiger partial charge on any atom is -0.463 e. The van der Waals surface area contributed by atoms with Gasteiger partial charge in [0, 0.05) is 34.6 Å². The van der Waals surface area contributed by atoms with Crippen molar-refractivity contribution in [1.29, 1.82) is 0 Å². The van der Waals surface area contributed by atoms with Crippen LogP contribution in [0.1, 0.15) is 34.6 Å². The lowest BCUT2D eigenvalue weighted by Gasteiger charge is -2.41. The molecule has 9 atom stereocenters. The van der Waals surface area contributed by atoms with Gasteiger partial charge in [0.05, 0.1) is 5.75 Å². The summed E-state index contributed by atoms with van der Waals surface area (Å²) >= 11 is 1.16. The molecule has 1 N–H and O–H groups in total. The van der Waals surface area contributed by atoms with Crippen molar-refractivity contribution in [2.45, 2.75) is 88.6 Å². The molecule has 0 amide bonds. The average molecular weight is 551 g/mol. The molecule has 0 aliphatic carbocycles. The van der Waals surface area contributed by atoms with E-state index in [1.54, 1.807) is 0 Å². The number of ether oxygens (including phenoxy) is 8. The van der Waals surface area contributed by atoms with Crippen LogP contribution >= 0.6 is 11.8 Å². The number of aliphatic hydroxyl groups excluding tert-OH is 1. The van der Waals surface area contributed by atoms with Gasteiger partial charge < -0.3 is 43.0 Å². The molecule has 37 heavy (non-hydrogen) atoms. The molecule has 0 radical (unpaired) electrons. The second kappa shape index (κ2) is 11.9. The molecule has 0 saturated carbocycles. The highest BCUT2D eigenvalue weighted by Crippen LogP contribution is 2.48. The van der Waals surface area contributed by atoms with Crippen LogP contribution in [0.4, 0.5) is 0 Å². The number of hydrogen-bond donors (Lipinski definition) is 1. The molecule has 3 saturated heterocycles. The van der Waals surface area contributed by atoms with E-state index in [1.807, 2.05) is 0 Å². The molecule has 208 valence electrons. The topological polar surface area (TPSA) is 179 Å². The Labute approximate surface area is 216 Å². The quantitative estimate of drug-likeness (QED) is 0.293. The van der Waals surface area contributed by atoms with Gasteiger partial charge in [-0.1, -0.05) is 0 Å². The van der Waals surface area contributed by atoms with Crippen molar-refractivity contribution in [1.82, 2.24) is 0 Å². The molecule has 0 aromatic rings. The zero-order valence-corrected chi connectivity index (χ0v) is 21.7. The Morgan fingerprint density at radius 2 is 1.57 bits per heavy atom. The molecule has 3 aliphatic rings. The summed E-state index contributed by atoms with van der Waals surface area (Å²) in [6.07, 6.45) is -8.26. The van der Waals surface area contributed by atoms with Crippen LogP contribution in [-0.4, -0.2) is 108 Å². The summed E-state index contributed by atoms with van der Waals surface area (Å²) in [5.74, 6) is -5.04. The van der Waals surface area contributed by atoms with E-state index in [0.29, 0.717) is 0 Å². The Kier molecular flexibility index (Phi) is 9.39. The first-order chi connectivity index (χ1) is 17.3. The first kappa shape index (κ1) is 29.1. The minimum atomic E-state index is -1.71. The Morgan fingerprint density at radius 1 is 0.919 bits per heavy atom. The highest BCUT2D eigenvalue weighted by molar-refractivity contribution is 7.99. The summed E-state index contributed by atoms with van der Waals surface area (Å²) in [4.78, 5) is 58.1. The summed E-state index contributed by atoms with van der Waals surface area (Å²) in [6.45, 7) is 5.14. The number of esters is 5. The Hall–Kier alpha value is -2.46. The Bertz CT molecular complexity index is 910. The van der Waals surface area contributed by atoms with E-state index in [0.717, 1.165) is 32.5 Å². The first-order valence-electron chi connectivity index (χ1n) is 11.4. The monoisotopic (exact) mass is 550 g/mol. The highest BCUT2D eigenvalue weighted by atomic mass is 32.2. The summed E-state index contributed by atoms with van der Waals surface area (Å²) in [7, 11) is 0. The zero-order chi connectivity index (χ0) is 27.5. The van der Waals surface area contributed by atoms with Gasteiger partial charge in [-0.3, -0.25) is 24.0 Å². The number of hydrogen-bond acceptors (Lipinski definition) is 15. The number of aliphatic hydroxyl groups is 1. The third-order valence-electron chi connectivity index (χ3n) is 5.65. The van der Waals surface area contributed by atoms with Gasteiger partial charge in [-0.15, -0.1) is 11.8 Å². The lowest BCUT2D eigenvalue weighted by atomic mass is 10.0. The van der Waals surface area contributed by atoms with Gasteiger partial charge in [0.25, 0.3) is 0 Å². The average Bonchev–Trinajstić information content (AvgIpc) is 3.24. The van der Waals surface area contributed by atoms with Gasteiger partial charge in [0.2, 0.25) is 5.79 Å². The van der Waals surface area contributed by atoms with Crippen molar-refractivity contribution in [3.05, 3.63) is 0 Å². The predicted octanol–water partition coefficient (Wildman–Crippen LogP) is -0.779. The third kappa shape index (κ3) is 6.90. The summed E-state index contributed by atoms with van der Waals surface area (Å²) < 4.78 is 44.2. The maximum Gasteiger partial charge on any atom is 0.303 e. The molecule has 3 aliphatic heterocycles. The summed E-state index contributed by atoms with van der Waals surface area (Å²) in [5, 5.41) is 11.1. The van der Waals surface area contributed by atoms with Gasteiger partial charge in [-0.05, 0) is 0 Å². The lowest BCUT2D eigenvalue weighted by molar-refractivity contribution is -0.283. The van der Waals surface area contributed by atoms with Crippen LogP contribution in [-0.2, 0) is 61.9 Å². The minimum absolute atomic E-state index is 0.00205. The zero-order valence-electron chi connectivity index (χ0n) is 20.9. The van der Waals surface area contributed by atoms with Crippen molar-refractivity contribution in [2.24, 2.45) is 0 Å². The van der Waals surface area contributed by atoms with Gasteiger partial charge in [0.15, 0.2) is 18.3 Å². The van der Waals surface area contributed by atoms with E-state index in [4.69, 9.17) is 37.9 Å². The van der Waals surface area contributed by atoms with Crippen LogP contribution in [0.2, 0.25) is 0 Å². The maximum absolute atomic E-state index is 12.0. The van der Waals surface area contributed by atoms with Crippen molar-refractivity contribution in [3.63, 3.8) is 0 Å². The van der Waals surface area contributed by atoms with Crippen molar-refractivity contribution in [2.75, 3.05) is 19.0 Å². The lowest BCUT2D eigenvalue weighted by Crippen LogP contribution is -2.58. The van der Waals surface area contributed by atoms with Crippen LogP contribution in [0.25, 0.3) is 0 Å². The number of carbonyl (C=O) groups is 5. The second-order valence-electron chi connectivity index (χ2n) is 8.68. The molecule has 0 unspecified atom stereocenters. The summed E-state index contributed by atoms with van der Waals surface area (Å²) in [5.41, 5.74) is -0.762. The fourth-order valence-corrected chi connectivity index (χ4v) is 5.65. The molecule has 1 spiro atoms. The van der Waals surface area contributed by atoms with Gasteiger partial charge in [0.1, 0.15) is 43.1 Å². The molecule has 3 fully saturated rings. The smallest absolute Gasteiger partial charge is 0.303 e. The predicted molar refractivity (Wildman–Crippen MR) is 120 cm³/mol. The first-order valence-corrected chi connectivity index (χ1v) is 12.5. The normalized spacial score (nSPS) is 35.2. The Morgan fingerprint density at radius 3 is 2.14 bits per heavy atom. The number of rotatable bonds is 8. The molecule has 0 bridgehead atoms. The number of carbonyl (C=O) groups excluding carboxylic acids is 5. The van der Waals surface area contributed by atoms with Crippen molar-refractivity contribution in [3.8, 4) is 0 Å². The SMILES string of the molecule is CC(=O)OC[C@H]1O[C@@]2(CS[C@@H]3O[C@H]([C@@H](COC(C)=O)OC(C)=O)[C@H](O)[C@H]3O2)[C@@H](OC(C)=O)[C@@H]1OC(C)=O. The number of fused-ring (bicyclic) bond motifs is 1. The Balaban J connectivity index is 1.87. The van der Waals surface area contributed by atoms with Crippen LogP contribution in [0.5, 0.6) is 0 Å². The fourth-order valence-electron chi connectivity index (χ4n) is 4.34. The highest BCUT2D eigenvalue weighted by Gasteiger charge is 2.66. The van der Waals surface area contributed by atoms with Crippen LogP contribution < -0.4 is 0 Å². The molecule has 3 heterocycles. The third-order valence-corrected chi connectivity index (χ3v) is 6.92. The molecule has 0 aromatic carbocycles. The van der Waals surface area contributed by atoms with E-state index in [-0.39, 0.29) is 19.0 Å². The number of thioether (sulfide) groups is 1. The molecule has 0 aromatic heterocycles. The second-order valence-corrected chi connectivity index (χ2v) is 9.77. The maximum atomic E-state index is 12.0. The van der Waals surface area contributed by atoms with E-state index < -0.39 is 83.8 Å². The van der Waals surface area contributed by atoms with E-state index >= 15 is 0 Å². The van der Waals surface area contributed by atoms with E-state index in [9.17, 15) is 29.1 Å². The fraction of sp³-hybridized carbons (Fsp3) is 0.773. The standard InChI is InChI=1S/C22H30O14S/c1-9(23)29-6-14(31-11(3)25)17-16(28)19-21(34-17)37-8-22(36-19)20(33-13(5)27)18(32-12(4)26)15(35-22)7-30-10(2)24/h14-21,28H,6-8H2,1-5H3/t14-,15-,16+,17-,18-,19-,20+,21+,22-/m1/s1. The van der Waals surface area contributed by atoms with Crippen LogP contribution in [0.15, 0.2) is 0 Å². The van der Waals surface area contributed by atoms with Crippen LogP contribution in [0, 0.1) is 0 Å². The molecule has 14 nitrogen and oxygen atoms in total.